The number of aromatic nitrogens is 1. The Morgan fingerprint density at radius 2 is 2.33 bits per heavy atom. The van der Waals surface area contributed by atoms with E-state index in [0.717, 1.165) is 31.7 Å². The van der Waals surface area contributed by atoms with E-state index in [-0.39, 0.29) is 5.69 Å². The summed E-state index contributed by atoms with van der Waals surface area (Å²) in [6.45, 7) is 6.43. The van der Waals surface area contributed by atoms with Gasteiger partial charge < -0.3 is 10.0 Å². The van der Waals surface area contributed by atoms with Gasteiger partial charge in [-0.2, -0.15) is 0 Å². The molecule has 0 amide bonds. The standard InChI is InChI=1S/C14H20N2O2/c1-3-14(2)8-5-9-16(10-14)12-7-4-6-11(15-12)13(17)18/h4,6-7H,3,5,8-10H2,1-2H3,(H,17,18). The molecule has 4 heteroatoms. The second-order valence-corrected chi connectivity index (χ2v) is 5.38. The zero-order valence-corrected chi connectivity index (χ0v) is 11.0. The predicted octanol–water partition coefficient (Wildman–Crippen LogP) is 2.80. The number of aromatic carboxylic acids is 1. The summed E-state index contributed by atoms with van der Waals surface area (Å²) in [4.78, 5) is 17.4. The van der Waals surface area contributed by atoms with Crippen molar-refractivity contribution in [1.82, 2.24) is 4.98 Å². The molecule has 1 fully saturated rings. The van der Waals surface area contributed by atoms with Crippen molar-refractivity contribution in [3.8, 4) is 0 Å². The summed E-state index contributed by atoms with van der Waals surface area (Å²) in [6.07, 6.45) is 3.52. The van der Waals surface area contributed by atoms with Crippen LogP contribution in [0.1, 0.15) is 43.6 Å². The van der Waals surface area contributed by atoms with Crippen LogP contribution in [-0.4, -0.2) is 29.1 Å². The lowest BCUT2D eigenvalue weighted by atomic mass is 9.80. The molecule has 0 spiro atoms. The van der Waals surface area contributed by atoms with Gasteiger partial charge >= 0.3 is 5.97 Å². The summed E-state index contributed by atoms with van der Waals surface area (Å²) in [5, 5.41) is 8.98. The van der Waals surface area contributed by atoms with Crippen LogP contribution in [-0.2, 0) is 0 Å². The fourth-order valence-electron chi connectivity index (χ4n) is 2.52. The normalized spacial score (nSPS) is 24.0. The van der Waals surface area contributed by atoms with E-state index in [1.54, 1.807) is 6.07 Å². The Kier molecular flexibility index (Phi) is 3.55. The Bertz CT molecular complexity index is 447. The van der Waals surface area contributed by atoms with Crippen LogP contribution in [0.2, 0.25) is 0 Å². The van der Waals surface area contributed by atoms with Crippen LogP contribution in [0, 0.1) is 5.41 Å². The van der Waals surface area contributed by atoms with E-state index in [4.69, 9.17) is 5.11 Å². The van der Waals surface area contributed by atoms with Gasteiger partial charge in [0.2, 0.25) is 0 Å². The Balaban J connectivity index is 2.21. The number of hydrogen-bond acceptors (Lipinski definition) is 3. The number of anilines is 1. The lowest BCUT2D eigenvalue weighted by molar-refractivity contribution is 0.0690. The summed E-state index contributed by atoms with van der Waals surface area (Å²) in [7, 11) is 0. The summed E-state index contributed by atoms with van der Waals surface area (Å²) in [6, 6.07) is 5.20. The molecule has 4 nitrogen and oxygen atoms in total. The van der Waals surface area contributed by atoms with Crippen molar-refractivity contribution in [3.63, 3.8) is 0 Å². The van der Waals surface area contributed by atoms with E-state index in [0.29, 0.717) is 5.41 Å². The van der Waals surface area contributed by atoms with Crippen LogP contribution in [0.25, 0.3) is 0 Å². The van der Waals surface area contributed by atoms with Gasteiger partial charge in [-0.15, -0.1) is 0 Å². The number of carboxylic acids is 1. The van der Waals surface area contributed by atoms with Gasteiger partial charge in [0.1, 0.15) is 5.82 Å². The second kappa shape index (κ2) is 4.96. The van der Waals surface area contributed by atoms with Crippen LogP contribution in [0.5, 0.6) is 0 Å². The van der Waals surface area contributed by atoms with Crippen LogP contribution >= 0.6 is 0 Å². The number of carbonyl (C=O) groups is 1. The Hall–Kier alpha value is -1.58. The molecule has 0 saturated carbocycles. The number of rotatable bonds is 3. The molecule has 1 aromatic rings. The molecule has 1 unspecified atom stereocenters. The maximum atomic E-state index is 10.9. The zero-order chi connectivity index (χ0) is 13.2. The number of carboxylic acid groups (broad SMARTS) is 1. The lowest BCUT2D eigenvalue weighted by Gasteiger charge is -2.40. The number of nitrogens with zero attached hydrogens (tertiary/aromatic N) is 2. The summed E-state index contributed by atoms with van der Waals surface area (Å²) >= 11 is 0. The predicted molar refractivity (Wildman–Crippen MR) is 71.0 cm³/mol. The average Bonchev–Trinajstić information content (AvgIpc) is 2.39. The molecule has 1 saturated heterocycles. The van der Waals surface area contributed by atoms with E-state index in [9.17, 15) is 4.79 Å². The van der Waals surface area contributed by atoms with Crippen molar-refractivity contribution in [2.75, 3.05) is 18.0 Å². The molecule has 2 rings (SSSR count). The van der Waals surface area contributed by atoms with Crippen molar-refractivity contribution >= 4 is 11.8 Å². The topological polar surface area (TPSA) is 53.4 Å². The molecule has 1 aliphatic rings. The largest absolute Gasteiger partial charge is 0.477 e. The Labute approximate surface area is 108 Å². The van der Waals surface area contributed by atoms with Crippen molar-refractivity contribution in [3.05, 3.63) is 23.9 Å². The molecule has 0 bridgehead atoms. The van der Waals surface area contributed by atoms with Crippen molar-refractivity contribution in [1.29, 1.82) is 0 Å². The van der Waals surface area contributed by atoms with Gasteiger partial charge in [0.15, 0.2) is 5.69 Å². The highest BCUT2D eigenvalue weighted by Gasteiger charge is 2.29. The molecule has 98 valence electrons. The van der Waals surface area contributed by atoms with E-state index >= 15 is 0 Å². The van der Waals surface area contributed by atoms with Gasteiger partial charge in [-0.05, 0) is 36.8 Å². The summed E-state index contributed by atoms with van der Waals surface area (Å²) < 4.78 is 0. The quantitative estimate of drug-likeness (QED) is 0.893. The van der Waals surface area contributed by atoms with Gasteiger partial charge in [-0.25, -0.2) is 9.78 Å². The molecule has 18 heavy (non-hydrogen) atoms. The minimum Gasteiger partial charge on any atom is -0.477 e. The van der Waals surface area contributed by atoms with E-state index in [1.807, 2.05) is 6.07 Å². The third kappa shape index (κ3) is 2.63. The molecule has 1 atom stereocenters. The third-order valence-electron chi connectivity index (χ3n) is 3.91. The second-order valence-electron chi connectivity index (χ2n) is 5.38. The molecule has 0 aromatic carbocycles. The highest BCUT2D eigenvalue weighted by Crippen LogP contribution is 2.34. The summed E-state index contributed by atoms with van der Waals surface area (Å²) in [5.41, 5.74) is 0.440. The van der Waals surface area contributed by atoms with Crippen LogP contribution in [0.4, 0.5) is 5.82 Å². The molecular weight excluding hydrogens is 228 g/mol. The zero-order valence-electron chi connectivity index (χ0n) is 11.0. The molecule has 0 radical (unpaired) electrons. The number of piperidine rings is 1. The van der Waals surface area contributed by atoms with E-state index < -0.39 is 5.97 Å². The first-order valence-electron chi connectivity index (χ1n) is 6.49. The van der Waals surface area contributed by atoms with Gasteiger partial charge in [-0.1, -0.05) is 19.9 Å². The average molecular weight is 248 g/mol. The van der Waals surface area contributed by atoms with Crippen LogP contribution < -0.4 is 4.90 Å². The number of pyridine rings is 1. The molecule has 0 aliphatic carbocycles. The van der Waals surface area contributed by atoms with Crippen molar-refractivity contribution in [2.45, 2.75) is 33.1 Å². The molecule has 2 heterocycles. The highest BCUT2D eigenvalue weighted by molar-refractivity contribution is 5.85. The highest BCUT2D eigenvalue weighted by atomic mass is 16.4. The molecule has 1 aliphatic heterocycles. The van der Waals surface area contributed by atoms with Gasteiger partial charge in [-0.3, -0.25) is 0 Å². The maximum absolute atomic E-state index is 10.9. The lowest BCUT2D eigenvalue weighted by Crippen LogP contribution is -2.41. The maximum Gasteiger partial charge on any atom is 0.354 e. The van der Waals surface area contributed by atoms with Crippen LogP contribution in [0.3, 0.4) is 0 Å². The summed E-state index contributed by atoms with van der Waals surface area (Å²) in [5.74, 6) is -0.179. The van der Waals surface area contributed by atoms with Gasteiger partial charge in [0, 0.05) is 13.1 Å². The minimum atomic E-state index is -0.966. The van der Waals surface area contributed by atoms with Crippen molar-refractivity contribution < 1.29 is 9.90 Å². The first kappa shape index (κ1) is 12.9. The van der Waals surface area contributed by atoms with Gasteiger partial charge in [0.25, 0.3) is 0 Å². The third-order valence-corrected chi connectivity index (χ3v) is 3.91. The fraction of sp³-hybridized carbons (Fsp3) is 0.571. The Morgan fingerprint density at radius 3 is 3.00 bits per heavy atom. The fourth-order valence-corrected chi connectivity index (χ4v) is 2.52. The molecular formula is C14H20N2O2. The monoisotopic (exact) mass is 248 g/mol. The Morgan fingerprint density at radius 1 is 1.56 bits per heavy atom. The first-order valence-corrected chi connectivity index (χ1v) is 6.49. The van der Waals surface area contributed by atoms with Crippen molar-refractivity contribution in [2.24, 2.45) is 5.41 Å². The molecule has 1 N–H and O–H groups in total. The SMILES string of the molecule is CCC1(C)CCCN(c2cccc(C(=O)O)n2)C1. The first-order chi connectivity index (χ1) is 8.54. The van der Waals surface area contributed by atoms with Crippen LogP contribution in [0.15, 0.2) is 18.2 Å². The smallest absolute Gasteiger partial charge is 0.354 e. The van der Waals surface area contributed by atoms with E-state index in [2.05, 4.69) is 23.7 Å². The van der Waals surface area contributed by atoms with E-state index in [1.165, 1.54) is 12.5 Å². The number of hydrogen-bond donors (Lipinski definition) is 1. The minimum absolute atomic E-state index is 0.122. The van der Waals surface area contributed by atoms with Gasteiger partial charge in [0.05, 0.1) is 0 Å². The molecule has 1 aromatic heterocycles.